The smallest absolute Gasteiger partial charge is 0.152 e. The molecule has 0 amide bonds. The van der Waals surface area contributed by atoms with E-state index < -0.39 is 6.10 Å². The SMILES string of the molecule is CC1(C)Cc2nc(C3CCOCC3)c(C=O)c(C3=CCOCC3)c2C([O-])C1. The van der Waals surface area contributed by atoms with Crippen molar-refractivity contribution in [3.8, 4) is 0 Å². The minimum atomic E-state index is -0.836. The van der Waals surface area contributed by atoms with E-state index in [1.165, 1.54) is 0 Å². The predicted molar refractivity (Wildman–Crippen MR) is 101 cm³/mol. The number of aldehydes is 1. The Kier molecular flexibility index (Phi) is 5.19. The van der Waals surface area contributed by atoms with E-state index >= 15 is 0 Å². The van der Waals surface area contributed by atoms with Gasteiger partial charge in [0.1, 0.15) is 0 Å². The van der Waals surface area contributed by atoms with Gasteiger partial charge in [-0.05, 0) is 47.8 Å². The Bertz CT molecular complexity index is 762. The second kappa shape index (κ2) is 7.46. The highest BCUT2D eigenvalue weighted by Crippen LogP contribution is 2.45. The number of aromatic nitrogens is 1. The third-order valence-electron chi connectivity index (χ3n) is 6.10. The number of carbonyl (C=O) groups is 1. The molecule has 5 nitrogen and oxygen atoms in total. The van der Waals surface area contributed by atoms with E-state index in [1.54, 1.807) is 0 Å². The van der Waals surface area contributed by atoms with Gasteiger partial charge < -0.3 is 14.6 Å². The number of hydrogen-bond donors (Lipinski definition) is 0. The molecule has 1 aromatic heterocycles. The Morgan fingerprint density at radius 2 is 2.00 bits per heavy atom. The fourth-order valence-corrected chi connectivity index (χ4v) is 4.80. The van der Waals surface area contributed by atoms with Gasteiger partial charge in [-0.1, -0.05) is 32.4 Å². The Hall–Kier alpha value is -1.56. The lowest BCUT2D eigenvalue weighted by molar-refractivity contribution is -0.434. The molecule has 1 atom stereocenters. The molecular weight excluding hydrogens is 342 g/mol. The number of hydrogen-bond acceptors (Lipinski definition) is 5. The summed E-state index contributed by atoms with van der Waals surface area (Å²) in [4.78, 5) is 17.2. The van der Waals surface area contributed by atoms with Crippen molar-refractivity contribution in [3.63, 3.8) is 0 Å². The zero-order valence-corrected chi connectivity index (χ0v) is 16.3. The average Bonchev–Trinajstić information content (AvgIpc) is 2.67. The summed E-state index contributed by atoms with van der Waals surface area (Å²) in [5.41, 5.74) is 5.06. The van der Waals surface area contributed by atoms with E-state index in [0.29, 0.717) is 38.4 Å². The van der Waals surface area contributed by atoms with E-state index in [2.05, 4.69) is 13.8 Å². The van der Waals surface area contributed by atoms with Crippen LogP contribution in [0.5, 0.6) is 0 Å². The van der Waals surface area contributed by atoms with E-state index in [0.717, 1.165) is 60.1 Å². The van der Waals surface area contributed by atoms with E-state index in [-0.39, 0.29) is 11.3 Å². The highest BCUT2D eigenvalue weighted by Gasteiger charge is 2.34. The molecule has 4 rings (SSSR count). The van der Waals surface area contributed by atoms with Crippen LogP contribution in [0.3, 0.4) is 0 Å². The summed E-state index contributed by atoms with van der Waals surface area (Å²) in [5.74, 6) is 0.221. The summed E-state index contributed by atoms with van der Waals surface area (Å²) in [6, 6.07) is 0. The van der Waals surface area contributed by atoms with E-state index in [4.69, 9.17) is 14.5 Å². The van der Waals surface area contributed by atoms with Crippen LogP contribution in [0.4, 0.5) is 0 Å². The third-order valence-corrected chi connectivity index (χ3v) is 6.10. The molecule has 0 radical (unpaired) electrons. The molecule has 0 spiro atoms. The van der Waals surface area contributed by atoms with Crippen LogP contribution in [0.1, 0.15) is 84.4 Å². The predicted octanol–water partition coefficient (Wildman–Crippen LogP) is 2.97. The van der Waals surface area contributed by atoms with Crippen LogP contribution >= 0.6 is 0 Å². The molecule has 0 saturated carbocycles. The summed E-state index contributed by atoms with van der Waals surface area (Å²) in [7, 11) is 0. The standard InChI is InChI=1S/C22H28NO4/c1-22(2)11-17-20(18(25)12-22)19(14-3-7-26-8-4-14)16(13-24)21(23-17)15-5-9-27-10-6-15/h3,13,15,18H,4-12H2,1-2H3/q-1. The fourth-order valence-electron chi connectivity index (χ4n) is 4.80. The minimum absolute atomic E-state index is 0.0661. The first kappa shape index (κ1) is 18.8. The van der Waals surface area contributed by atoms with Crippen molar-refractivity contribution in [3.05, 3.63) is 34.2 Å². The number of rotatable bonds is 3. The summed E-state index contributed by atoms with van der Waals surface area (Å²) >= 11 is 0. The van der Waals surface area contributed by atoms with Gasteiger partial charge in [-0.3, -0.25) is 9.78 Å². The van der Waals surface area contributed by atoms with Gasteiger partial charge in [-0.2, -0.15) is 0 Å². The maximum Gasteiger partial charge on any atom is 0.152 e. The number of fused-ring (bicyclic) bond motifs is 1. The van der Waals surface area contributed by atoms with Crippen molar-refractivity contribution in [2.24, 2.45) is 5.41 Å². The summed E-state index contributed by atoms with van der Waals surface area (Å²) in [5, 5.41) is 13.2. The van der Waals surface area contributed by atoms with Gasteiger partial charge in [-0.25, -0.2) is 0 Å². The zero-order valence-electron chi connectivity index (χ0n) is 16.3. The van der Waals surface area contributed by atoms with Gasteiger partial charge >= 0.3 is 0 Å². The molecule has 0 aromatic carbocycles. The van der Waals surface area contributed by atoms with Crippen LogP contribution in [0.15, 0.2) is 6.08 Å². The molecule has 1 saturated heterocycles. The summed E-state index contributed by atoms with van der Waals surface area (Å²) in [6.07, 6.45) is 5.97. The Morgan fingerprint density at radius 1 is 1.22 bits per heavy atom. The van der Waals surface area contributed by atoms with Gasteiger partial charge in [-0.15, -0.1) is 0 Å². The van der Waals surface area contributed by atoms with Crippen LogP contribution in [0.25, 0.3) is 5.57 Å². The van der Waals surface area contributed by atoms with Crippen LogP contribution in [0.2, 0.25) is 0 Å². The molecule has 1 unspecified atom stereocenters. The maximum atomic E-state index is 13.2. The largest absolute Gasteiger partial charge is 0.848 e. The van der Waals surface area contributed by atoms with Gasteiger partial charge in [0.05, 0.1) is 18.9 Å². The highest BCUT2D eigenvalue weighted by molar-refractivity contribution is 5.89. The second-order valence-corrected chi connectivity index (χ2v) is 8.74. The highest BCUT2D eigenvalue weighted by atomic mass is 16.5. The molecule has 27 heavy (non-hydrogen) atoms. The fraction of sp³-hybridized carbons (Fsp3) is 0.636. The molecule has 3 aliphatic rings. The first-order valence-corrected chi connectivity index (χ1v) is 10.0. The van der Waals surface area contributed by atoms with Crippen molar-refractivity contribution in [2.75, 3.05) is 26.4 Å². The first-order valence-electron chi connectivity index (χ1n) is 10.0. The van der Waals surface area contributed by atoms with Crippen molar-refractivity contribution in [1.82, 2.24) is 4.98 Å². The lowest BCUT2D eigenvalue weighted by atomic mass is 9.71. The van der Waals surface area contributed by atoms with Gasteiger partial charge in [0.25, 0.3) is 0 Å². The normalized spacial score (nSPS) is 25.6. The monoisotopic (exact) mass is 370 g/mol. The van der Waals surface area contributed by atoms with E-state index in [9.17, 15) is 9.90 Å². The number of carbonyl (C=O) groups excluding carboxylic acids is 1. The van der Waals surface area contributed by atoms with Gasteiger partial charge in [0, 0.05) is 30.4 Å². The molecule has 1 fully saturated rings. The third kappa shape index (κ3) is 3.60. The van der Waals surface area contributed by atoms with Crippen molar-refractivity contribution in [2.45, 2.75) is 58.0 Å². The molecule has 0 bridgehead atoms. The average molecular weight is 370 g/mol. The summed E-state index contributed by atoms with van der Waals surface area (Å²) in [6.45, 7) is 6.83. The maximum absolute atomic E-state index is 13.2. The number of pyridine rings is 1. The van der Waals surface area contributed by atoms with Crippen molar-refractivity contribution >= 4 is 11.9 Å². The van der Waals surface area contributed by atoms with E-state index in [1.807, 2.05) is 6.08 Å². The zero-order chi connectivity index (χ0) is 19.0. The van der Waals surface area contributed by atoms with Gasteiger partial charge in [0.15, 0.2) is 6.29 Å². The quantitative estimate of drug-likeness (QED) is 0.765. The van der Waals surface area contributed by atoms with Crippen LogP contribution in [-0.2, 0) is 15.9 Å². The van der Waals surface area contributed by atoms with Gasteiger partial charge in [0.2, 0.25) is 0 Å². The molecule has 2 aliphatic heterocycles. The molecular formula is C22H28NO4-. The molecule has 146 valence electrons. The molecule has 3 heterocycles. The second-order valence-electron chi connectivity index (χ2n) is 8.74. The lowest BCUT2D eigenvalue weighted by Crippen LogP contribution is -2.35. The molecule has 0 N–H and O–H groups in total. The van der Waals surface area contributed by atoms with Crippen molar-refractivity contribution < 1.29 is 19.4 Å². The number of ether oxygens (including phenoxy) is 2. The molecule has 1 aromatic rings. The Balaban J connectivity index is 1.93. The Morgan fingerprint density at radius 3 is 2.67 bits per heavy atom. The molecule has 1 aliphatic carbocycles. The molecule has 5 heteroatoms. The topological polar surface area (TPSA) is 71.5 Å². The number of nitrogens with zero attached hydrogens (tertiary/aromatic N) is 1. The van der Waals surface area contributed by atoms with Crippen LogP contribution in [-0.4, -0.2) is 37.7 Å². The van der Waals surface area contributed by atoms with Crippen molar-refractivity contribution in [1.29, 1.82) is 0 Å². The minimum Gasteiger partial charge on any atom is -0.848 e. The van der Waals surface area contributed by atoms with Crippen LogP contribution < -0.4 is 5.11 Å². The van der Waals surface area contributed by atoms with Crippen LogP contribution in [0, 0.1) is 5.41 Å². The first-order chi connectivity index (χ1) is 13.0. The summed E-state index contributed by atoms with van der Waals surface area (Å²) < 4.78 is 11.0. The lowest BCUT2D eigenvalue weighted by Gasteiger charge is -2.42. The Labute approximate surface area is 160 Å².